The molecule has 0 unspecified atom stereocenters. The second-order valence-electron chi connectivity index (χ2n) is 4.23. The van der Waals surface area contributed by atoms with Gasteiger partial charge in [0.15, 0.2) is 0 Å². The molecule has 6 nitrogen and oxygen atoms in total. The van der Waals surface area contributed by atoms with E-state index in [0.29, 0.717) is 6.42 Å². The fourth-order valence-electron chi connectivity index (χ4n) is 1.79. The van der Waals surface area contributed by atoms with Crippen LogP contribution in [0.3, 0.4) is 0 Å². The van der Waals surface area contributed by atoms with Crippen molar-refractivity contribution < 1.29 is 19.4 Å². The summed E-state index contributed by atoms with van der Waals surface area (Å²) in [6, 6.07) is -0.864. The summed E-state index contributed by atoms with van der Waals surface area (Å²) < 4.78 is 5.22. The summed E-state index contributed by atoms with van der Waals surface area (Å²) in [6.45, 7) is 4.12. The van der Waals surface area contributed by atoms with Crippen molar-refractivity contribution in [2.75, 3.05) is 32.8 Å². The molecule has 1 saturated heterocycles. The molecule has 0 aromatic rings. The summed E-state index contributed by atoms with van der Waals surface area (Å²) in [5, 5.41) is 8.51. The smallest absolute Gasteiger partial charge is 0.305 e. The van der Waals surface area contributed by atoms with Crippen molar-refractivity contribution in [2.24, 2.45) is 5.73 Å². The Bertz CT molecular complexity index is 264. The molecule has 1 heterocycles. The van der Waals surface area contributed by atoms with Gasteiger partial charge in [0.1, 0.15) is 5.78 Å². The third-order valence-electron chi connectivity index (χ3n) is 2.81. The van der Waals surface area contributed by atoms with Gasteiger partial charge < -0.3 is 15.6 Å². The van der Waals surface area contributed by atoms with Crippen molar-refractivity contribution in [3.63, 3.8) is 0 Å². The monoisotopic (exact) mass is 244 g/mol. The number of Topliss-reactive ketones (excluding diaryl/α,β-unsaturated/α-hetero) is 1. The van der Waals surface area contributed by atoms with Gasteiger partial charge in [-0.05, 0) is 13.0 Å². The van der Waals surface area contributed by atoms with E-state index in [-0.39, 0.29) is 12.2 Å². The maximum atomic E-state index is 11.5. The average Bonchev–Trinajstić information content (AvgIpc) is 2.29. The highest BCUT2D eigenvalue weighted by atomic mass is 16.5. The zero-order valence-electron chi connectivity index (χ0n) is 9.93. The molecule has 0 amide bonds. The van der Waals surface area contributed by atoms with Gasteiger partial charge in [-0.15, -0.1) is 0 Å². The zero-order valence-corrected chi connectivity index (χ0v) is 9.93. The molecular weight excluding hydrogens is 224 g/mol. The van der Waals surface area contributed by atoms with Crippen molar-refractivity contribution in [2.45, 2.75) is 25.3 Å². The molecule has 1 fully saturated rings. The Balaban J connectivity index is 2.12. The van der Waals surface area contributed by atoms with Crippen LogP contribution >= 0.6 is 0 Å². The van der Waals surface area contributed by atoms with Gasteiger partial charge in [0.05, 0.1) is 25.7 Å². The summed E-state index contributed by atoms with van der Waals surface area (Å²) in [7, 11) is 0. The van der Waals surface area contributed by atoms with Crippen molar-refractivity contribution in [1.29, 1.82) is 0 Å². The summed E-state index contributed by atoms with van der Waals surface area (Å²) in [5.74, 6) is -1.19. The van der Waals surface area contributed by atoms with E-state index in [1.165, 1.54) is 0 Å². The number of carboxylic acid groups (broad SMARTS) is 1. The fraction of sp³-hybridized carbons (Fsp3) is 0.818. The number of ether oxygens (including phenoxy) is 1. The molecule has 3 N–H and O–H groups in total. The lowest BCUT2D eigenvalue weighted by atomic mass is 10.1. The van der Waals surface area contributed by atoms with Gasteiger partial charge in [-0.2, -0.15) is 0 Å². The number of morpholine rings is 1. The molecule has 0 aliphatic carbocycles. The molecule has 1 atom stereocenters. The zero-order chi connectivity index (χ0) is 12.7. The van der Waals surface area contributed by atoms with Crippen LogP contribution in [0.2, 0.25) is 0 Å². The predicted octanol–water partition coefficient (Wildman–Crippen LogP) is -0.530. The van der Waals surface area contributed by atoms with Crippen molar-refractivity contribution in [1.82, 2.24) is 4.90 Å². The number of ketones is 1. The van der Waals surface area contributed by atoms with Gasteiger partial charge in [-0.3, -0.25) is 14.5 Å². The first-order chi connectivity index (χ1) is 8.09. The molecule has 0 spiro atoms. The molecule has 1 rings (SSSR count). The number of rotatable bonds is 7. The number of nitrogens with zero attached hydrogens (tertiary/aromatic N) is 1. The van der Waals surface area contributed by atoms with Gasteiger partial charge >= 0.3 is 5.97 Å². The minimum absolute atomic E-state index is 0.166. The van der Waals surface area contributed by atoms with Crippen LogP contribution in [0.1, 0.15) is 19.3 Å². The van der Waals surface area contributed by atoms with E-state index in [0.717, 1.165) is 39.3 Å². The Morgan fingerprint density at radius 1 is 1.35 bits per heavy atom. The summed E-state index contributed by atoms with van der Waals surface area (Å²) >= 11 is 0. The molecule has 0 bridgehead atoms. The Morgan fingerprint density at radius 3 is 2.59 bits per heavy atom. The van der Waals surface area contributed by atoms with Crippen LogP contribution < -0.4 is 5.73 Å². The topological polar surface area (TPSA) is 92.9 Å². The molecule has 0 saturated carbocycles. The van der Waals surface area contributed by atoms with Crippen LogP contribution in [0.5, 0.6) is 0 Å². The molecule has 1 aliphatic heterocycles. The highest BCUT2D eigenvalue weighted by Crippen LogP contribution is 2.03. The number of hydrogen-bond donors (Lipinski definition) is 2. The largest absolute Gasteiger partial charge is 0.481 e. The molecule has 1 aliphatic rings. The number of carboxylic acids is 1. The number of aliphatic carboxylic acids is 1. The second-order valence-corrected chi connectivity index (χ2v) is 4.23. The number of nitrogens with two attached hydrogens (primary N) is 1. The van der Waals surface area contributed by atoms with Crippen LogP contribution in [0.15, 0.2) is 0 Å². The Labute approximate surface area is 101 Å². The third kappa shape index (κ3) is 5.76. The first kappa shape index (κ1) is 14.1. The van der Waals surface area contributed by atoms with Gasteiger partial charge in [0, 0.05) is 19.5 Å². The maximum absolute atomic E-state index is 11.5. The van der Waals surface area contributed by atoms with Crippen LogP contribution in [-0.2, 0) is 14.3 Å². The molecule has 0 aromatic heterocycles. The quantitative estimate of drug-likeness (QED) is 0.625. The lowest BCUT2D eigenvalue weighted by Crippen LogP contribution is -2.38. The standard InChI is InChI=1S/C11H20N2O4/c12-9(8-11(15)16)10(14)2-1-3-13-4-6-17-7-5-13/h9H,1-8,12H2,(H,15,16)/t9-/m0/s1. The summed E-state index contributed by atoms with van der Waals surface area (Å²) in [4.78, 5) is 24.1. The average molecular weight is 244 g/mol. The van der Waals surface area contributed by atoms with Gasteiger partial charge in [-0.25, -0.2) is 0 Å². The van der Waals surface area contributed by atoms with Crippen molar-refractivity contribution in [3.8, 4) is 0 Å². The molecule has 0 radical (unpaired) electrons. The summed E-state index contributed by atoms with van der Waals surface area (Å²) in [5.41, 5.74) is 5.47. The minimum Gasteiger partial charge on any atom is -0.481 e. The molecule has 0 aromatic carbocycles. The molecule has 98 valence electrons. The van der Waals surface area contributed by atoms with E-state index in [1.807, 2.05) is 0 Å². The lowest BCUT2D eigenvalue weighted by Gasteiger charge is -2.26. The minimum atomic E-state index is -1.03. The van der Waals surface area contributed by atoms with E-state index >= 15 is 0 Å². The van der Waals surface area contributed by atoms with Gasteiger partial charge in [0.2, 0.25) is 0 Å². The SMILES string of the molecule is N[C@@H](CC(=O)O)C(=O)CCCN1CCOCC1. The lowest BCUT2D eigenvalue weighted by molar-refractivity contribution is -0.139. The van der Waals surface area contributed by atoms with Crippen LogP contribution in [0.4, 0.5) is 0 Å². The van der Waals surface area contributed by atoms with Gasteiger partial charge in [0.25, 0.3) is 0 Å². The normalized spacial score (nSPS) is 18.9. The number of carbonyl (C=O) groups excluding carboxylic acids is 1. The number of hydrogen-bond acceptors (Lipinski definition) is 5. The first-order valence-electron chi connectivity index (χ1n) is 5.90. The Hall–Kier alpha value is -0.980. The third-order valence-corrected chi connectivity index (χ3v) is 2.81. The van der Waals surface area contributed by atoms with Crippen molar-refractivity contribution in [3.05, 3.63) is 0 Å². The first-order valence-corrected chi connectivity index (χ1v) is 5.90. The Morgan fingerprint density at radius 2 is 2.00 bits per heavy atom. The van der Waals surface area contributed by atoms with E-state index < -0.39 is 12.0 Å². The van der Waals surface area contributed by atoms with E-state index in [9.17, 15) is 9.59 Å². The maximum Gasteiger partial charge on any atom is 0.305 e. The van der Waals surface area contributed by atoms with Crippen molar-refractivity contribution >= 4 is 11.8 Å². The number of carbonyl (C=O) groups is 2. The Kier molecular flexibility index (Phi) is 6.10. The van der Waals surface area contributed by atoms with Crippen LogP contribution in [0, 0.1) is 0 Å². The predicted molar refractivity (Wildman–Crippen MR) is 61.7 cm³/mol. The van der Waals surface area contributed by atoms with Gasteiger partial charge in [-0.1, -0.05) is 0 Å². The highest BCUT2D eigenvalue weighted by Gasteiger charge is 2.17. The molecule has 6 heteroatoms. The fourth-order valence-corrected chi connectivity index (χ4v) is 1.79. The highest BCUT2D eigenvalue weighted by molar-refractivity contribution is 5.87. The van der Waals surface area contributed by atoms with E-state index in [2.05, 4.69) is 4.90 Å². The van der Waals surface area contributed by atoms with E-state index in [1.54, 1.807) is 0 Å². The van der Waals surface area contributed by atoms with E-state index in [4.69, 9.17) is 15.6 Å². The molecular formula is C11H20N2O4. The van der Waals surface area contributed by atoms with Crippen LogP contribution in [0.25, 0.3) is 0 Å². The second kappa shape index (κ2) is 7.37. The summed E-state index contributed by atoms with van der Waals surface area (Å²) in [6.07, 6.45) is 0.800. The van der Waals surface area contributed by atoms with Crippen LogP contribution in [-0.4, -0.2) is 60.6 Å². The molecule has 17 heavy (non-hydrogen) atoms.